The molecule has 0 heterocycles. The standard InChI is InChI=1S/C32H38ClN3O4S/c1-2-3-21-34-32(38)30(22-25-7-5-4-6-8-25)36(23-26-9-14-27(33)15-10-26)31(37)20-13-24-11-18-29(19-12-24)41(39,40)35-28-16-17-28/h4-12,14-15,18-19,28,30,35H,2-3,13,16-17,20-23H2,1H3,(H,34,38). The molecule has 0 aromatic heterocycles. The minimum Gasteiger partial charge on any atom is -0.354 e. The first-order chi connectivity index (χ1) is 19.7. The Bertz CT molecular complexity index is 1390. The largest absolute Gasteiger partial charge is 0.354 e. The highest BCUT2D eigenvalue weighted by Crippen LogP contribution is 2.23. The second-order valence-electron chi connectivity index (χ2n) is 10.5. The van der Waals surface area contributed by atoms with E-state index in [9.17, 15) is 18.0 Å². The summed E-state index contributed by atoms with van der Waals surface area (Å²) < 4.78 is 27.7. The van der Waals surface area contributed by atoms with Crippen LogP contribution in [0.25, 0.3) is 0 Å². The normalized spacial score (nSPS) is 13.9. The highest BCUT2D eigenvalue weighted by molar-refractivity contribution is 7.89. The first-order valence-corrected chi connectivity index (χ1v) is 16.1. The lowest BCUT2D eigenvalue weighted by molar-refractivity contribution is -0.141. The van der Waals surface area contributed by atoms with E-state index in [1.807, 2.05) is 42.5 Å². The van der Waals surface area contributed by atoms with Crippen LogP contribution in [0, 0.1) is 0 Å². The maximum atomic E-state index is 13.8. The zero-order valence-corrected chi connectivity index (χ0v) is 25.0. The van der Waals surface area contributed by atoms with Crippen molar-refractivity contribution < 1.29 is 18.0 Å². The fraction of sp³-hybridized carbons (Fsp3) is 0.375. The summed E-state index contributed by atoms with van der Waals surface area (Å²) >= 11 is 6.10. The van der Waals surface area contributed by atoms with E-state index in [0.717, 1.165) is 42.4 Å². The third-order valence-corrected chi connectivity index (χ3v) is 8.92. The van der Waals surface area contributed by atoms with Crippen LogP contribution in [0.3, 0.4) is 0 Å². The Morgan fingerprint density at radius 1 is 0.927 bits per heavy atom. The minimum absolute atomic E-state index is 0.0342. The van der Waals surface area contributed by atoms with Crippen LogP contribution in [-0.4, -0.2) is 43.8 Å². The van der Waals surface area contributed by atoms with Crippen molar-refractivity contribution in [1.82, 2.24) is 14.9 Å². The molecule has 0 spiro atoms. The van der Waals surface area contributed by atoms with Crippen molar-refractivity contribution in [2.24, 2.45) is 0 Å². The van der Waals surface area contributed by atoms with Gasteiger partial charge in [0.15, 0.2) is 0 Å². The van der Waals surface area contributed by atoms with E-state index < -0.39 is 16.1 Å². The highest BCUT2D eigenvalue weighted by atomic mass is 35.5. The number of hydrogen-bond acceptors (Lipinski definition) is 4. The van der Waals surface area contributed by atoms with E-state index in [4.69, 9.17) is 11.6 Å². The summed E-state index contributed by atoms with van der Waals surface area (Å²) in [5.41, 5.74) is 2.69. The van der Waals surface area contributed by atoms with Gasteiger partial charge >= 0.3 is 0 Å². The van der Waals surface area contributed by atoms with Crippen LogP contribution in [-0.2, 0) is 39.0 Å². The topological polar surface area (TPSA) is 95.6 Å². The molecule has 9 heteroatoms. The second-order valence-corrected chi connectivity index (χ2v) is 12.7. The number of hydrogen-bond donors (Lipinski definition) is 2. The number of unbranched alkanes of at least 4 members (excludes halogenated alkanes) is 1. The maximum Gasteiger partial charge on any atom is 0.243 e. The SMILES string of the molecule is CCCCNC(=O)C(Cc1ccccc1)N(Cc1ccc(Cl)cc1)C(=O)CCc1ccc(S(=O)(=O)NC2CC2)cc1. The van der Waals surface area contributed by atoms with Crippen molar-refractivity contribution in [2.75, 3.05) is 6.54 Å². The number of carbonyl (C=O) groups is 2. The van der Waals surface area contributed by atoms with E-state index in [1.165, 1.54) is 0 Å². The molecule has 0 saturated heterocycles. The van der Waals surface area contributed by atoms with Gasteiger partial charge in [-0.2, -0.15) is 0 Å². The molecule has 0 bridgehead atoms. The summed E-state index contributed by atoms with van der Waals surface area (Å²) in [4.78, 5) is 29.2. The number of halogens is 1. The van der Waals surface area contributed by atoms with Gasteiger partial charge in [-0.1, -0.05) is 79.5 Å². The molecule has 1 aliphatic rings. The first kappa shape index (κ1) is 30.8. The molecule has 0 radical (unpaired) electrons. The number of carbonyl (C=O) groups excluding carboxylic acids is 2. The van der Waals surface area contributed by atoms with Crippen LogP contribution in [0.15, 0.2) is 83.8 Å². The zero-order chi connectivity index (χ0) is 29.2. The van der Waals surface area contributed by atoms with Crippen molar-refractivity contribution >= 4 is 33.4 Å². The molecular formula is C32H38ClN3O4S. The van der Waals surface area contributed by atoms with Crippen LogP contribution in [0.1, 0.15) is 55.7 Å². The third kappa shape index (κ3) is 9.42. The number of benzene rings is 3. The van der Waals surface area contributed by atoms with Gasteiger partial charge in [-0.05, 0) is 66.6 Å². The van der Waals surface area contributed by atoms with Crippen molar-refractivity contribution in [3.63, 3.8) is 0 Å². The highest BCUT2D eigenvalue weighted by Gasteiger charge is 2.30. The molecule has 41 heavy (non-hydrogen) atoms. The number of aryl methyl sites for hydroxylation is 1. The summed E-state index contributed by atoms with van der Waals surface area (Å²) in [6, 6.07) is 23.0. The average Bonchev–Trinajstić information content (AvgIpc) is 3.79. The van der Waals surface area contributed by atoms with Gasteiger partial charge in [0.25, 0.3) is 0 Å². The molecule has 1 atom stereocenters. The summed E-state index contributed by atoms with van der Waals surface area (Å²) in [5.74, 6) is -0.332. The summed E-state index contributed by atoms with van der Waals surface area (Å²) in [6.45, 7) is 2.88. The molecule has 0 aliphatic heterocycles. The molecule has 3 aromatic rings. The molecule has 4 rings (SSSR count). The molecule has 2 amide bonds. The fourth-order valence-corrected chi connectivity index (χ4v) is 6.00. The Morgan fingerprint density at radius 3 is 2.22 bits per heavy atom. The smallest absolute Gasteiger partial charge is 0.243 e. The predicted molar refractivity (Wildman–Crippen MR) is 162 cm³/mol. The number of rotatable bonds is 15. The van der Waals surface area contributed by atoms with Crippen LogP contribution >= 0.6 is 11.6 Å². The summed E-state index contributed by atoms with van der Waals surface area (Å²) in [7, 11) is -3.54. The number of nitrogens with one attached hydrogen (secondary N) is 2. The lowest BCUT2D eigenvalue weighted by atomic mass is 10.0. The lowest BCUT2D eigenvalue weighted by Crippen LogP contribution is -2.50. The van der Waals surface area contributed by atoms with Gasteiger partial charge in [-0.15, -0.1) is 0 Å². The fourth-order valence-electron chi connectivity index (χ4n) is 4.57. The van der Waals surface area contributed by atoms with Gasteiger partial charge in [0, 0.05) is 37.0 Å². The Balaban J connectivity index is 1.53. The third-order valence-electron chi connectivity index (χ3n) is 7.13. The Labute approximate surface area is 248 Å². The Morgan fingerprint density at radius 2 is 1.59 bits per heavy atom. The van der Waals surface area contributed by atoms with Crippen LogP contribution in [0.2, 0.25) is 5.02 Å². The number of sulfonamides is 1. The van der Waals surface area contributed by atoms with Crippen molar-refractivity contribution in [3.05, 3.63) is 101 Å². The molecule has 1 saturated carbocycles. The van der Waals surface area contributed by atoms with Crippen LogP contribution < -0.4 is 10.0 Å². The van der Waals surface area contributed by atoms with E-state index in [0.29, 0.717) is 24.4 Å². The Kier molecular flexibility index (Phi) is 11.0. The van der Waals surface area contributed by atoms with E-state index in [2.05, 4.69) is 17.0 Å². The van der Waals surface area contributed by atoms with Gasteiger partial charge < -0.3 is 10.2 Å². The van der Waals surface area contributed by atoms with Crippen molar-refractivity contribution in [3.8, 4) is 0 Å². The molecule has 1 fully saturated rings. The molecule has 1 aliphatic carbocycles. The van der Waals surface area contributed by atoms with Gasteiger partial charge in [0.05, 0.1) is 4.90 Å². The zero-order valence-electron chi connectivity index (χ0n) is 23.4. The van der Waals surface area contributed by atoms with Crippen molar-refractivity contribution in [2.45, 2.75) is 75.4 Å². The van der Waals surface area contributed by atoms with Crippen LogP contribution in [0.4, 0.5) is 0 Å². The average molecular weight is 596 g/mol. The van der Waals surface area contributed by atoms with E-state index in [-0.39, 0.29) is 35.7 Å². The minimum atomic E-state index is -3.54. The monoisotopic (exact) mass is 595 g/mol. The summed E-state index contributed by atoms with van der Waals surface area (Å²) in [6.07, 6.45) is 4.53. The summed E-state index contributed by atoms with van der Waals surface area (Å²) in [5, 5.41) is 3.63. The van der Waals surface area contributed by atoms with Gasteiger partial charge in [0.1, 0.15) is 6.04 Å². The number of nitrogens with zero attached hydrogens (tertiary/aromatic N) is 1. The molecule has 3 aromatic carbocycles. The number of amides is 2. The quantitative estimate of drug-likeness (QED) is 0.234. The predicted octanol–water partition coefficient (Wildman–Crippen LogP) is 5.27. The Hall–Kier alpha value is -3.20. The lowest BCUT2D eigenvalue weighted by Gasteiger charge is -2.31. The maximum absolute atomic E-state index is 13.8. The van der Waals surface area contributed by atoms with Gasteiger partial charge in [-0.3, -0.25) is 9.59 Å². The molecular weight excluding hydrogens is 558 g/mol. The molecule has 218 valence electrons. The van der Waals surface area contributed by atoms with E-state index >= 15 is 0 Å². The molecule has 1 unspecified atom stereocenters. The van der Waals surface area contributed by atoms with Crippen molar-refractivity contribution in [1.29, 1.82) is 0 Å². The van der Waals surface area contributed by atoms with Crippen LogP contribution in [0.5, 0.6) is 0 Å². The first-order valence-electron chi connectivity index (χ1n) is 14.2. The van der Waals surface area contributed by atoms with E-state index in [1.54, 1.807) is 41.3 Å². The second kappa shape index (κ2) is 14.6. The molecule has 7 nitrogen and oxygen atoms in total. The molecule has 2 N–H and O–H groups in total. The van der Waals surface area contributed by atoms with Gasteiger partial charge in [0.2, 0.25) is 21.8 Å². The van der Waals surface area contributed by atoms with Gasteiger partial charge in [-0.25, -0.2) is 13.1 Å².